The first-order chi connectivity index (χ1) is 12.6. The van der Waals surface area contributed by atoms with Crippen LogP contribution in [-0.2, 0) is 0 Å². The third-order valence-corrected chi connectivity index (χ3v) is 4.42. The summed E-state index contributed by atoms with van der Waals surface area (Å²) >= 11 is 5.36. The maximum absolute atomic E-state index is 11.0. The van der Waals surface area contributed by atoms with E-state index in [1.54, 1.807) is 16.8 Å². The fraction of sp³-hybridized carbons (Fsp3) is 0. The highest BCUT2D eigenvalue weighted by atomic mass is 32.1. The normalized spacial score (nSPS) is 10.8. The first kappa shape index (κ1) is 16.0. The van der Waals surface area contributed by atoms with Crippen molar-refractivity contribution in [1.82, 2.24) is 9.66 Å². The minimum absolute atomic E-state index is 0.0179. The van der Waals surface area contributed by atoms with E-state index < -0.39 is 4.92 Å². The van der Waals surface area contributed by atoms with Crippen molar-refractivity contribution in [3.8, 4) is 11.3 Å². The number of nitrogens with one attached hydrogen (secondary N) is 2. The minimum Gasteiger partial charge on any atom is -0.335 e. The first-order valence-corrected chi connectivity index (χ1v) is 8.34. The second-order valence-corrected chi connectivity index (χ2v) is 6.18. The first-order valence-electron chi connectivity index (χ1n) is 7.93. The Morgan fingerprint density at radius 2 is 1.81 bits per heavy atom. The van der Waals surface area contributed by atoms with Crippen LogP contribution in [0.25, 0.3) is 22.0 Å². The van der Waals surface area contributed by atoms with Gasteiger partial charge in [-0.2, -0.15) is 0 Å². The number of hydrogen-bond donors (Lipinski definition) is 2. The zero-order valence-electron chi connectivity index (χ0n) is 13.5. The number of rotatable bonds is 4. The minimum atomic E-state index is -0.425. The van der Waals surface area contributed by atoms with Gasteiger partial charge in [-0.05, 0) is 35.1 Å². The molecule has 0 radical (unpaired) electrons. The molecule has 3 aromatic carbocycles. The van der Waals surface area contributed by atoms with Crippen LogP contribution in [-0.4, -0.2) is 14.6 Å². The van der Waals surface area contributed by atoms with Crippen molar-refractivity contribution >= 4 is 34.4 Å². The fourth-order valence-corrected chi connectivity index (χ4v) is 3.06. The van der Waals surface area contributed by atoms with Gasteiger partial charge < -0.3 is 4.98 Å². The number of nitro benzene ring substituents is 1. The number of imidazole rings is 1. The zero-order chi connectivity index (χ0) is 18.1. The van der Waals surface area contributed by atoms with Crippen molar-refractivity contribution in [3.05, 3.63) is 87.8 Å². The lowest BCUT2D eigenvalue weighted by atomic mass is 10.1. The standard InChI is InChI=1S/C19H14N4O2S/c24-23(25)17-7-3-6-16(11-17)21-22-18(12-20-19(22)26)15-9-8-13-4-1-2-5-14(13)10-15/h1-12,21H,(H,20,26). The molecule has 0 fully saturated rings. The van der Waals surface area contributed by atoms with Crippen molar-refractivity contribution < 1.29 is 4.92 Å². The number of nitrogens with zero attached hydrogens (tertiary/aromatic N) is 2. The van der Waals surface area contributed by atoms with Gasteiger partial charge in [0, 0.05) is 23.9 Å². The molecule has 128 valence electrons. The van der Waals surface area contributed by atoms with Crippen molar-refractivity contribution in [2.24, 2.45) is 0 Å². The van der Waals surface area contributed by atoms with E-state index >= 15 is 0 Å². The summed E-state index contributed by atoms with van der Waals surface area (Å²) in [5.74, 6) is 0. The summed E-state index contributed by atoms with van der Waals surface area (Å²) < 4.78 is 2.18. The van der Waals surface area contributed by atoms with Crippen LogP contribution in [0.1, 0.15) is 0 Å². The Balaban J connectivity index is 1.76. The molecule has 6 nitrogen and oxygen atoms in total. The summed E-state index contributed by atoms with van der Waals surface area (Å²) in [6.07, 6.45) is 1.82. The number of aromatic amines is 1. The molecule has 0 amide bonds. The summed E-state index contributed by atoms with van der Waals surface area (Å²) in [5, 5.41) is 13.3. The van der Waals surface area contributed by atoms with Gasteiger partial charge in [-0.1, -0.05) is 42.5 Å². The van der Waals surface area contributed by atoms with Crippen LogP contribution >= 0.6 is 12.2 Å². The topological polar surface area (TPSA) is 75.9 Å². The van der Waals surface area contributed by atoms with E-state index in [2.05, 4.69) is 34.7 Å². The van der Waals surface area contributed by atoms with Gasteiger partial charge in [0.1, 0.15) is 0 Å². The molecule has 0 saturated heterocycles. The molecule has 0 atom stereocenters. The van der Waals surface area contributed by atoms with Gasteiger partial charge in [-0.25, -0.2) is 4.68 Å². The van der Waals surface area contributed by atoms with Gasteiger partial charge in [-0.3, -0.25) is 15.5 Å². The molecule has 0 unspecified atom stereocenters. The van der Waals surface area contributed by atoms with Gasteiger partial charge in [0.25, 0.3) is 5.69 Å². The van der Waals surface area contributed by atoms with E-state index in [1.165, 1.54) is 12.1 Å². The summed E-state index contributed by atoms with van der Waals surface area (Å²) in [7, 11) is 0. The van der Waals surface area contributed by atoms with Crippen LogP contribution in [0.15, 0.2) is 72.9 Å². The number of benzene rings is 3. The molecule has 0 bridgehead atoms. The van der Waals surface area contributed by atoms with Gasteiger partial charge in [0.05, 0.1) is 16.3 Å². The largest absolute Gasteiger partial charge is 0.335 e. The number of anilines is 1. The van der Waals surface area contributed by atoms with Crippen LogP contribution in [0.3, 0.4) is 0 Å². The van der Waals surface area contributed by atoms with E-state index in [9.17, 15) is 10.1 Å². The van der Waals surface area contributed by atoms with Gasteiger partial charge in [-0.15, -0.1) is 0 Å². The molecular formula is C19H14N4O2S. The molecule has 0 saturated carbocycles. The lowest BCUT2D eigenvalue weighted by Crippen LogP contribution is -2.10. The quantitative estimate of drug-likeness (QED) is 0.299. The van der Waals surface area contributed by atoms with E-state index in [4.69, 9.17) is 12.2 Å². The third kappa shape index (κ3) is 2.96. The van der Waals surface area contributed by atoms with E-state index in [-0.39, 0.29) is 5.69 Å². The Bertz CT molecular complexity index is 1180. The number of hydrogen-bond acceptors (Lipinski definition) is 4. The molecule has 0 aliphatic carbocycles. The average Bonchev–Trinajstić information content (AvgIpc) is 3.02. The molecule has 1 aromatic heterocycles. The average molecular weight is 362 g/mol. The van der Waals surface area contributed by atoms with E-state index in [0.717, 1.165) is 22.0 Å². The predicted molar refractivity (Wildman–Crippen MR) is 105 cm³/mol. The predicted octanol–water partition coefficient (Wildman–Crippen LogP) is 5.15. The number of H-pyrrole nitrogens is 1. The van der Waals surface area contributed by atoms with Gasteiger partial charge in [0.2, 0.25) is 0 Å². The highest BCUT2D eigenvalue weighted by Gasteiger charge is 2.10. The zero-order valence-corrected chi connectivity index (χ0v) is 14.4. The van der Waals surface area contributed by atoms with Crippen LogP contribution in [0, 0.1) is 14.9 Å². The van der Waals surface area contributed by atoms with Crippen molar-refractivity contribution in [2.45, 2.75) is 0 Å². The lowest BCUT2D eigenvalue weighted by molar-refractivity contribution is -0.384. The van der Waals surface area contributed by atoms with Crippen LogP contribution < -0.4 is 5.43 Å². The molecule has 0 spiro atoms. The van der Waals surface area contributed by atoms with Crippen molar-refractivity contribution in [1.29, 1.82) is 0 Å². The number of aromatic nitrogens is 2. The Labute approximate surface area is 153 Å². The number of fused-ring (bicyclic) bond motifs is 1. The highest BCUT2D eigenvalue weighted by molar-refractivity contribution is 7.71. The Kier molecular flexibility index (Phi) is 3.98. The molecule has 4 rings (SSSR count). The van der Waals surface area contributed by atoms with Crippen LogP contribution in [0.5, 0.6) is 0 Å². The molecule has 1 heterocycles. The van der Waals surface area contributed by atoms with Crippen molar-refractivity contribution in [3.63, 3.8) is 0 Å². The number of nitro groups is 1. The maximum atomic E-state index is 11.0. The fourth-order valence-electron chi connectivity index (χ4n) is 2.86. The molecule has 4 aromatic rings. The van der Waals surface area contributed by atoms with E-state index in [1.807, 2.05) is 24.4 Å². The summed E-state index contributed by atoms with van der Waals surface area (Å²) in [4.78, 5) is 13.6. The second kappa shape index (κ2) is 6.45. The third-order valence-electron chi connectivity index (χ3n) is 4.12. The van der Waals surface area contributed by atoms with Crippen LogP contribution in [0.4, 0.5) is 11.4 Å². The monoisotopic (exact) mass is 362 g/mol. The second-order valence-electron chi connectivity index (χ2n) is 5.80. The summed E-state index contributed by atoms with van der Waals surface area (Å²) in [6, 6.07) is 20.6. The molecule has 0 aliphatic rings. The summed E-state index contributed by atoms with van der Waals surface area (Å²) in [6.45, 7) is 0. The maximum Gasteiger partial charge on any atom is 0.271 e. The van der Waals surface area contributed by atoms with Crippen LogP contribution in [0.2, 0.25) is 0 Å². The van der Waals surface area contributed by atoms with E-state index in [0.29, 0.717) is 10.5 Å². The Morgan fingerprint density at radius 3 is 2.62 bits per heavy atom. The Hall–Kier alpha value is -3.45. The number of non-ortho nitro benzene ring substituents is 1. The molecule has 2 N–H and O–H groups in total. The van der Waals surface area contributed by atoms with Crippen molar-refractivity contribution in [2.75, 3.05) is 5.43 Å². The van der Waals surface area contributed by atoms with Gasteiger partial charge >= 0.3 is 0 Å². The lowest BCUT2D eigenvalue weighted by Gasteiger charge is -2.12. The highest BCUT2D eigenvalue weighted by Crippen LogP contribution is 2.25. The molecular weight excluding hydrogens is 348 g/mol. The SMILES string of the molecule is O=[N+]([O-])c1cccc(Nn2c(-c3ccc4ccccc4c3)c[nH]c2=S)c1. The molecule has 0 aliphatic heterocycles. The smallest absolute Gasteiger partial charge is 0.271 e. The Morgan fingerprint density at radius 1 is 1.00 bits per heavy atom. The molecule has 26 heavy (non-hydrogen) atoms. The molecule has 7 heteroatoms. The van der Waals surface area contributed by atoms with Gasteiger partial charge in [0.15, 0.2) is 4.77 Å². The summed E-state index contributed by atoms with van der Waals surface area (Å²) in [5.41, 5.74) is 5.56.